The molecule has 0 saturated heterocycles. The first-order valence-electron chi connectivity index (χ1n) is 5.09. The molecule has 84 valence electrons. The van der Waals surface area contributed by atoms with Crippen LogP contribution in [-0.2, 0) is 14.3 Å². The van der Waals surface area contributed by atoms with E-state index in [4.69, 9.17) is 9.47 Å². The first-order chi connectivity index (χ1) is 6.70. The van der Waals surface area contributed by atoms with Crippen LogP contribution in [0.25, 0.3) is 0 Å². The van der Waals surface area contributed by atoms with Gasteiger partial charge in [0.1, 0.15) is 5.44 Å². The highest BCUT2D eigenvalue weighted by Crippen LogP contribution is 2.11. The van der Waals surface area contributed by atoms with Gasteiger partial charge in [0.15, 0.2) is 0 Å². The standard InChI is InChI=1S/C10H20O3S/c1-4-6-7-13-10(11)8-14-9(3)12-5-2/h9H,4-8H2,1-3H3. The minimum absolute atomic E-state index is 0.0683. The number of hydrogen-bond acceptors (Lipinski definition) is 4. The molecule has 0 aromatic rings. The monoisotopic (exact) mass is 220 g/mol. The van der Waals surface area contributed by atoms with Gasteiger partial charge in [0, 0.05) is 6.61 Å². The Hall–Kier alpha value is -0.220. The number of ether oxygens (including phenoxy) is 2. The van der Waals surface area contributed by atoms with Gasteiger partial charge >= 0.3 is 5.97 Å². The number of rotatable bonds is 8. The summed E-state index contributed by atoms with van der Waals surface area (Å²) in [6.45, 7) is 7.17. The predicted octanol–water partition coefficient (Wildman–Crippen LogP) is 2.45. The fraction of sp³-hybridized carbons (Fsp3) is 0.900. The second-order valence-electron chi connectivity index (χ2n) is 2.91. The molecule has 3 nitrogen and oxygen atoms in total. The average molecular weight is 220 g/mol. The number of thioether (sulfide) groups is 1. The zero-order valence-electron chi connectivity index (χ0n) is 9.25. The van der Waals surface area contributed by atoms with Gasteiger partial charge in [-0.3, -0.25) is 4.79 Å². The molecule has 0 fully saturated rings. The second kappa shape index (κ2) is 9.34. The summed E-state index contributed by atoms with van der Waals surface area (Å²) >= 11 is 1.47. The first kappa shape index (κ1) is 13.8. The zero-order chi connectivity index (χ0) is 10.8. The Bertz CT molecular complexity index is 150. The molecule has 0 heterocycles. The Balaban J connectivity index is 3.34. The molecule has 1 unspecified atom stereocenters. The maximum absolute atomic E-state index is 11.1. The van der Waals surface area contributed by atoms with Gasteiger partial charge in [-0.15, -0.1) is 11.8 Å². The highest BCUT2D eigenvalue weighted by atomic mass is 32.2. The Morgan fingerprint density at radius 1 is 1.43 bits per heavy atom. The van der Waals surface area contributed by atoms with Crippen LogP contribution in [0.1, 0.15) is 33.6 Å². The van der Waals surface area contributed by atoms with Gasteiger partial charge in [0.05, 0.1) is 12.4 Å². The lowest BCUT2D eigenvalue weighted by molar-refractivity contribution is -0.140. The molecule has 0 rings (SSSR count). The quantitative estimate of drug-likeness (QED) is 0.357. The maximum atomic E-state index is 11.1. The lowest BCUT2D eigenvalue weighted by atomic mass is 10.4. The van der Waals surface area contributed by atoms with E-state index in [0.29, 0.717) is 19.0 Å². The van der Waals surface area contributed by atoms with Crippen molar-refractivity contribution in [2.75, 3.05) is 19.0 Å². The number of carbonyl (C=O) groups is 1. The maximum Gasteiger partial charge on any atom is 0.315 e. The number of carbonyl (C=O) groups excluding carboxylic acids is 1. The summed E-state index contributed by atoms with van der Waals surface area (Å²) in [6.07, 6.45) is 1.99. The van der Waals surface area contributed by atoms with Crippen molar-refractivity contribution < 1.29 is 14.3 Å². The average Bonchev–Trinajstić information content (AvgIpc) is 2.16. The molecule has 0 aliphatic carbocycles. The van der Waals surface area contributed by atoms with Gasteiger partial charge < -0.3 is 9.47 Å². The Kier molecular flexibility index (Phi) is 9.19. The molecule has 0 N–H and O–H groups in total. The topological polar surface area (TPSA) is 35.5 Å². The van der Waals surface area contributed by atoms with Crippen molar-refractivity contribution in [3.63, 3.8) is 0 Å². The molecule has 0 saturated carbocycles. The van der Waals surface area contributed by atoms with Crippen molar-refractivity contribution in [2.24, 2.45) is 0 Å². The Labute approximate surface area is 90.5 Å². The van der Waals surface area contributed by atoms with Crippen molar-refractivity contribution in [3.05, 3.63) is 0 Å². The van der Waals surface area contributed by atoms with Crippen LogP contribution in [0.2, 0.25) is 0 Å². The van der Waals surface area contributed by atoms with E-state index in [2.05, 4.69) is 6.92 Å². The third kappa shape index (κ3) is 8.38. The molecule has 0 radical (unpaired) electrons. The van der Waals surface area contributed by atoms with Crippen molar-refractivity contribution in [1.82, 2.24) is 0 Å². The van der Waals surface area contributed by atoms with Crippen molar-refractivity contribution in [1.29, 1.82) is 0 Å². The summed E-state index contributed by atoms with van der Waals surface area (Å²) in [5.41, 5.74) is 0.0683. The molecular weight excluding hydrogens is 200 g/mol. The van der Waals surface area contributed by atoms with E-state index in [-0.39, 0.29) is 11.4 Å². The lowest BCUT2D eigenvalue weighted by Gasteiger charge is -2.10. The molecule has 0 spiro atoms. The molecule has 14 heavy (non-hydrogen) atoms. The summed E-state index contributed by atoms with van der Waals surface area (Å²) in [4.78, 5) is 11.1. The van der Waals surface area contributed by atoms with E-state index < -0.39 is 0 Å². The van der Waals surface area contributed by atoms with E-state index in [9.17, 15) is 4.79 Å². The number of esters is 1. The molecule has 0 aromatic heterocycles. The van der Waals surface area contributed by atoms with Crippen LogP contribution in [0.15, 0.2) is 0 Å². The molecule has 1 atom stereocenters. The van der Waals surface area contributed by atoms with Crippen molar-refractivity contribution in [3.8, 4) is 0 Å². The molecule has 0 aliphatic heterocycles. The molecular formula is C10H20O3S. The van der Waals surface area contributed by atoms with E-state index in [1.807, 2.05) is 13.8 Å². The van der Waals surface area contributed by atoms with E-state index in [0.717, 1.165) is 12.8 Å². The molecule has 0 amide bonds. The van der Waals surface area contributed by atoms with Crippen LogP contribution in [0, 0.1) is 0 Å². The van der Waals surface area contributed by atoms with Gasteiger partial charge in [-0.25, -0.2) is 0 Å². The van der Waals surface area contributed by atoms with E-state index in [1.54, 1.807) is 0 Å². The summed E-state index contributed by atoms with van der Waals surface area (Å²) < 4.78 is 10.3. The minimum atomic E-state index is -0.144. The summed E-state index contributed by atoms with van der Waals surface area (Å²) in [6, 6.07) is 0. The highest BCUT2D eigenvalue weighted by molar-refractivity contribution is 8.00. The van der Waals surface area contributed by atoms with Gasteiger partial charge in [0.25, 0.3) is 0 Å². The highest BCUT2D eigenvalue weighted by Gasteiger charge is 2.07. The summed E-state index contributed by atoms with van der Waals surface area (Å²) in [7, 11) is 0. The zero-order valence-corrected chi connectivity index (χ0v) is 10.1. The number of hydrogen-bond donors (Lipinski definition) is 0. The second-order valence-corrected chi connectivity index (χ2v) is 4.19. The SMILES string of the molecule is CCCCOC(=O)CSC(C)OCC. The first-order valence-corrected chi connectivity index (χ1v) is 6.14. The van der Waals surface area contributed by atoms with Crippen molar-refractivity contribution in [2.45, 2.75) is 39.0 Å². The molecule has 0 aromatic carbocycles. The molecule has 4 heteroatoms. The Morgan fingerprint density at radius 3 is 2.71 bits per heavy atom. The smallest absolute Gasteiger partial charge is 0.315 e. The largest absolute Gasteiger partial charge is 0.465 e. The lowest BCUT2D eigenvalue weighted by Crippen LogP contribution is -2.12. The van der Waals surface area contributed by atoms with Gasteiger partial charge in [-0.05, 0) is 20.3 Å². The summed E-state index contributed by atoms with van der Waals surface area (Å²) in [5.74, 6) is 0.236. The Morgan fingerprint density at radius 2 is 2.14 bits per heavy atom. The predicted molar refractivity (Wildman–Crippen MR) is 59.4 cm³/mol. The van der Waals surface area contributed by atoms with E-state index in [1.165, 1.54) is 11.8 Å². The van der Waals surface area contributed by atoms with Crippen LogP contribution in [0.4, 0.5) is 0 Å². The molecule has 0 aliphatic rings. The minimum Gasteiger partial charge on any atom is -0.465 e. The van der Waals surface area contributed by atoms with Gasteiger partial charge in [0.2, 0.25) is 0 Å². The van der Waals surface area contributed by atoms with Crippen LogP contribution in [-0.4, -0.2) is 30.4 Å². The van der Waals surface area contributed by atoms with Crippen LogP contribution >= 0.6 is 11.8 Å². The third-order valence-corrected chi connectivity index (χ3v) is 2.61. The fourth-order valence-corrected chi connectivity index (χ4v) is 1.53. The van der Waals surface area contributed by atoms with Crippen molar-refractivity contribution >= 4 is 17.7 Å². The summed E-state index contributed by atoms with van der Waals surface area (Å²) in [5, 5.41) is 0. The van der Waals surface area contributed by atoms with Gasteiger partial charge in [-0.1, -0.05) is 13.3 Å². The third-order valence-electron chi connectivity index (χ3n) is 1.60. The van der Waals surface area contributed by atoms with E-state index >= 15 is 0 Å². The number of unbranched alkanes of at least 4 members (excludes halogenated alkanes) is 1. The van der Waals surface area contributed by atoms with Crippen LogP contribution in [0.5, 0.6) is 0 Å². The molecule has 0 bridgehead atoms. The van der Waals surface area contributed by atoms with Crippen LogP contribution < -0.4 is 0 Å². The normalized spacial score (nSPS) is 12.5. The van der Waals surface area contributed by atoms with Gasteiger partial charge in [-0.2, -0.15) is 0 Å². The fourth-order valence-electron chi connectivity index (χ4n) is 0.840. The van der Waals surface area contributed by atoms with Crippen LogP contribution in [0.3, 0.4) is 0 Å².